The molecule has 3 N–H and O–H groups in total. The first-order chi connectivity index (χ1) is 9.58. The molecule has 1 amide bonds. The van der Waals surface area contributed by atoms with Crippen LogP contribution >= 0.6 is 0 Å². The van der Waals surface area contributed by atoms with Crippen LogP contribution in [-0.2, 0) is 0 Å². The number of piperidine rings is 1. The molecule has 1 aliphatic carbocycles. The number of carbonyl (C=O) groups excluding carboxylic acids is 1. The van der Waals surface area contributed by atoms with E-state index in [9.17, 15) is 4.79 Å². The molecular formula is C14H23N5O. The molecular weight excluding hydrogens is 254 g/mol. The molecule has 0 bridgehead atoms. The molecule has 1 atom stereocenters. The molecule has 1 unspecified atom stereocenters. The van der Waals surface area contributed by atoms with Gasteiger partial charge in [-0.1, -0.05) is 13.8 Å². The van der Waals surface area contributed by atoms with Gasteiger partial charge in [-0.15, -0.1) is 5.10 Å². The number of amides is 1. The molecule has 1 saturated carbocycles. The Morgan fingerprint density at radius 3 is 2.85 bits per heavy atom. The first kappa shape index (κ1) is 13.5. The first-order valence-corrected chi connectivity index (χ1v) is 7.56. The molecule has 20 heavy (non-hydrogen) atoms. The standard InChI is InChI=1S/C14H23N5O/c1-9(2)11-17-12(19-18-11)13(20)16-10-4-7-15-14(8-10)5-3-6-14/h9-10,15H,3-8H2,1-2H3,(H,16,20)(H,17,18,19). The van der Waals surface area contributed by atoms with Crippen molar-refractivity contribution in [3.8, 4) is 0 Å². The predicted molar refractivity (Wildman–Crippen MR) is 75.5 cm³/mol. The van der Waals surface area contributed by atoms with Gasteiger partial charge in [-0.2, -0.15) is 0 Å². The maximum absolute atomic E-state index is 12.2. The predicted octanol–water partition coefficient (Wildman–Crippen LogP) is 1.33. The monoisotopic (exact) mass is 277 g/mol. The van der Waals surface area contributed by atoms with Crippen molar-refractivity contribution in [3.05, 3.63) is 11.6 Å². The van der Waals surface area contributed by atoms with Gasteiger partial charge in [0.05, 0.1) is 0 Å². The van der Waals surface area contributed by atoms with Gasteiger partial charge in [0, 0.05) is 17.5 Å². The van der Waals surface area contributed by atoms with Gasteiger partial charge in [-0.25, -0.2) is 4.98 Å². The van der Waals surface area contributed by atoms with Gasteiger partial charge in [-0.3, -0.25) is 9.89 Å². The molecule has 1 aliphatic heterocycles. The van der Waals surface area contributed by atoms with Crippen molar-refractivity contribution in [2.75, 3.05) is 6.54 Å². The summed E-state index contributed by atoms with van der Waals surface area (Å²) in [7, 11) is 0. The normalized spacial score (nSPS) is 24.6. The third-order valence-electron chi connectivity index (χ3n) is 4.53. The first-order valence-electron chi connectivity index (χ1n) is 7.56. The van der Waals surface area contributed by atoms with E-state index < -0.39 is 0 Å². The van der Waals surface area contributed by atoms with Crippen LogP contribution in [0.2, 0.25) is 0 Å². The van der Waals surface area contributed by atoms with Crippen LogP contribution in [0.3, 0.4) is 0 Å². The van der Waals surface area contributed by atoms with Crippen LogP contribution in [0.4, 0.5) is 0 Å². The van der Waals surface area contributed by atoms with Gasteiger partial charge < -0.3 is 10.6 Å². The molecule has 6 nitrogen and oxygen atoms in total. The molecule has 0 aromatic carbocycles. The largest absolute Gasteiger partial charge is 0.346 e. The van der Waals surface area contributed by atoms with Gasteiger partial charge in [0.1, 0.15) is 5.82 Å². The van der Waals surface area contributed by atoms with E-state index in [0.29, 0.717) is 0 Å². The summed E-state index contributed by atoms with van der Waals surface area (Å²) in [4.78, 5) is 16.4. The van der Waals surface area contributed by atoms with E-state index >= 15 is 0 Å². The lowest BCUT2D eigenvalue weighted by Gasteiger charge is -2.48. The van der Waals surface area contributed by atoms with E-state index in [-0.39, 0.29) is 29.2 Å². The highest BCUT2D eigenvalue weighted by atomic mass is 16.2. The van der Waals surface area contributed by atoms with Gasteiger partial charge in [0.2, 0.25) is 5.82 Å². The second-order valence-corrected chi connectivity index (χ2v) is 6.42. The molecule has 1 aromatic rings. The number of hydrogen-bond donors (Lipinski definition) is 3. The number of nitrogens with zero attached hydrogens (tertiary/aromatic N) is 2. The number of rotatable bonds is 3. The SMILES string of the molecule is CC(C)c1nc(C(=O)NC2CCNC3(CCC3)C2)n[nH]1. The summed E-state index contributed by atoms with van der Waals surface area (Å²) >= 11 is 0. The van der Waals surface area contributed by atoms with Crippen LogP contribution in [0.5, 0.6) is 0 Å². The number of aromatic amines is 1. The minimum absolute atomic E-state index is 0.158. The second-order valence-electron chi connectivity index (χ2n) is 6.42. The van der Waals surface area contributed by atoms with Crippen molar-refractivity contribution in [1.29, 1.82) is 0 Å². The van der Waals surface area contributed by atoms with Crippen LogP contribution < -0.4 is 10.6 Å². The van der Waals surface area contributed by atoms with Gasteiger partial charge in [-0.05, 0) is 38.6 Å². The summed E-state index contributed by atoms with van der Waals surface area (Å²) in [6.07, 6.45) is 5.77. The smallest absolute Gasteiger partial charge is 0.291 e. The second kappa shape index (κ2) is 5.16. The van der Waals surface area contributed by atoms with Crippen molar-refractivity contribution in [3.63, 3.8) is 0 Å². The Labute approximate surface area is 119 Å². The Hall–Kier alpha value is -1.43. The quantitative estimate of drug-likeness (QED) is 0.778. The van der Waals surface area contributed by atoms with E-state index in [1.54, 1.807) is 0 Å². The molecule has 110 valence electrons. The highest BCUT2D eigenvalue weighted by molar-refractivity contribution is 5.90. The Morgan fingerprint density at radius 2 is 2.25 bits per heavy atom. The highest BCUT2D eigenvalue weighted by Gasteiger charge is 2.41. The van der Waals surface area contributed by atoms with E-state index in [1.165, 1.54) is 19.3 Å². The van der Waals surface area contributed by atoms with Crippen LogP contribution in [0.15, 0.2) is 0 Å². The Bertz CT molecular complexity index is 492. The zero-order valence-electron chi connectivity index (χ0n) is 12.2. The van der Waals surface area contributed by atoms with Crippen LogP contribution in [-0.4, -0.2) is 39.2 Å². The Balaban J connectivity index is 1.60. The lowest BCUT2D eigenvalue weighted by Crippen LogP contribution is -2.59. The average molecular weight is 277 g/mol. The van der Waals surface area contributed by atoms with Crippen LogP contribution in [0, 0.1) is 0 Å². The van der Waals surface area contributed by atoms with E-state index in [4.69, 9.17) is 0 Å². The van der Waals surface area contributed by atoms with Crippen LogP contribution in [0.1, 0.15) is 68.3 Å². The maximum Gasteiger partial charge on any atom is 0.291 e. The summed E-state index contributed by atoms with van der Waals surface area (Å²) in [6, 6.07) is 0.241. The van der Waals surface area contributed by atoms with Crippen molar-refractivity contribution >= 4 is 5.91 Å². The molecule has 2 aliphatic rings. The van der Waals surface area contributed by atoms with Crippen molar-refractivity contribution in [2.45, 2.75) is 63.5 Å². The number of hydrogen-bond acceptors (Lipinski definition) is 4. The molecule has 1 saturated heterocycles. The van der Waals surface area contributed by atoms with Crippen molar-refractivity contribution in [2.24, 2.45) is 0 Å². The fourth-order valence-electron chi connectivity index (χ4n) is 3.15. The maximum atomic E-state index is 12.2. The average Bonchev–Trinajstić information content (AvgIpc) is 2.87. The Kier molecular flexibility index (Phi) is 3.50. The Morgan fingerprint density at radius 1 is 1.45 bits per heavy atom. The van der Waals surface area contributed by atoms with Gasteiger partial charge >= 0.3 is 0 Å². The topological polar surface area (TPSA) is 82.7 Å². The summed E-state index contributed by atoms with van der Waals surface area (Å²) < 4.78 is 0. The third kappa shape index (κ3) is 2.57. The fraction of sp³-hybridized carbons (Fsp3) is 0.786. The molecule has 2 heterocycles. The molecule has 1 aromatic heterocycles. The summed E-state index contributed by atoms with van der Waals surface area (Å²) in [5, 5.41) is 13.5. The fourth-order valence-corrected chi connectivity index (χ4v) is 3.15. The molecule has 3 rings (SSSR count). The number of nitrogens with one attached hydrogen (secondary N) is 3. The third-order valence-corrected chi connectivity index (χ3v) is 4.53. The summed E-state index contributed by atoms with van der Waals surface area (Å²) in [6.45, 7) is 5.03. The van der Waals surface area contributed by atoms with E-state index in [0.717, 1.165) is 25.2 Å². The molecule has 2 fully saturated rings. The lowest BCUT2D eigenvalue weighted by molar-refractivity contribution is 0.0844. The molecule has 6 heteroatoms. The van der Waals surface area contributed by atoms with E-state index in [1.807, 2.05) is 13.8 Å². The lowest BCUT2D eigenvalue weighted by atomic mass is 9.70. The minimum Gasteiger partial charge on any atom is -0.346 e. The summed E-state index contributed by atoms with van der Waals surface area (Å²) in [5.41, 5.74) is 0.290. The van der Waals surface area contributed by atoms with E-state index in [2.05, 4.69) is 25.8 Å². The van der Waals surface area contributed by atoms with Gasteiger partial charge in [0.25, 0.3) is 5.91 Å². The minimum atomic E-state index is -0.158. The van der Waals surface area contributed by atoms with Crippen molar-refractivity contribution < 1.29 is 4.79 Å². The van der Waals surface area contributed by atoms with Crippen LogP contribution in [0.25, 0.3) is 0 Å². The van der Waals surface area contributed by atoms with Crippen molar-refractivity contribution in [1.82, 2.24) is 25.8 Å². The molecule has 0 radical (unpaired) electrons. The summed E-state index contributed by atoms with van der Waals surface area (Å²) in [5.74, 6) is 1.11. The molecule has 1 spiro atoms. The zero-order chi connectivity index (χ0) is 14.2. The number of carbonyl (C=O) groups is 1. The number of aromatic nitrogens is 3. The number of H-pyrrole nitrogens is 1. The van der Waals surface area contributed by atoms with Gasteiger partial charge in [0.15, 0.2) is 0 Å². The zero-order valence-corrected chi connectivity index (χ0v) is 12.2. The highest BCUT2D eigenvalue weighted by Crippen LogP contribution is 2.38.